The number of ether oxygens (including phenoxy) is 1. The van der Waals surface area contributed by atoms with Crippen LogP contribution in [0.25, 0.3) is 0 Å². The number of pyridine rings is 1. The van der Waals surface area contributed by atoms with E-state index in [1.165, 1.54) is 12.7 Å². The van der Waals surface area contributed by atoms with Gasteiger partial charge in [-0.25, -0.2) is 9.97 Å². The summed E-state index contributed by atoms with van der Waals surface area (Å²) < 4.78 is 11.1. The van der Waals surface area contributed by atoms with E-state index < -0.39 is 0 Å². The first-order chi connectivity index (χ1) is 15.6. The highest BCUT2D eigenvalue weighted by atomic mass is 16.5. The van der Waals surface area contributed by atoms with Crippen molar-refractivity contribution < 1.29 is 13.9 Å². The van der Waals surface area contributed by atoms with Crippen molar-refractivity contribution in [1.82, 2.24) is 14.9 Å². The van der Waals surface area contributed by atoms with Crippen molar-refractivity contribution in [3.63, 3.8) is 0 Å². The smallest absolute Gasteiger partial charge is 0.276 e. The largest absolute Gasteiger partial charge is 0.451 e. The Balaban J connectivity index is 1.73. The van der Waals surface area contributed by atoms with Gasteiger partial charge in [-0.15, -0.1) is 0 Å². The zero-order valence-corrected chi connectivity index (χ0v) is 20.4. The molecule has 0 unspecified atom stereocenters. The Labute approximate surface area is 195 Å². The zero-order chi connectivity index (χ0) is 23.9. The maximum Gasteiger partial charge on any atom is 0.276 e. The highest BCUT2D eigenvalue weighted by Gasteiger charge is 2.37. The van der Waals surface area contributed by atoms with Crippen molar-refractivity contribution in [2.75, 3.05) is 24.5 Å². The lowest BCUT2D eigenvalue weighted by molar-refractivity contribution is -0.0408. The fourth-order valence-electron chi connectivity index (χ4n) is 4.89. The number of fused-ring (bicyclic) bond motifs is 1. The van der Waals surface area contributed by atoms with Crippen LogP contribution < -0.4 is 4.90 Å². The van der Waals surface area contributed by atoms with Gasteiger partial charge >= 0.3 is 0 Å². The Bertz CT molecular complexity index is 1070. The first kappa shape index (κ1) is 23.2. The van der Waals surface area contributed by atoms with E-state index in [-0.39, 0.29) is 29.4 Å². The molecule has 0 bridgehead atoms. The topological polar surface area (TPSA) is 95.5 Å². The number of amides is 1. The maximum atomic E-state index is 13.1. The Kier molecular flexibility index (Phi) is 6.19. The molecular formula is C25H33N5O3. The number of anilines is 1. The Morgan fingerprint density at radius 3 is 2.61 bits per heavy atom. The number of aromatic nitrogens is 2. The predicted octanol–water partition coefficient (Wildman–Crippen LogP) is 3.90. The highest BCUT2D eigenvalue weighted by molar-refractivity contribution is 5.92. The Hall–Kier alpha value is -2.92. The van der Waals surface area contributed by atoms with E-state index in [4.69, 9.17) is 14.1 Å². The summed E-state index contributed by atoms with van der Waals surface area (Å²) in [7, 11) is 0. The Morgan fingerprint density at radius 1 is 1.24 bits per heavy atom. The molecule has 0 saturated carbocycles. The SMILES string of the molecule is CC(C)c1nc(N2CCN(C(=O)c3cocn3)[C@H](C(C)C)C2)c(C#N)c2c1COC(C)(C)C2. The first-order valence-electron chi connectivity index (χ1n) is 11.7. The molecule has 4 rings (SSSR count). The number of piperazine rings is 1. The molecule has 8 nitrogen and oxygen atoms in total. The van der Waals surface area contributed by atoms with Gasteiger partial charge in [-0.2, -0.15) is 5.26 Å². The molecule has 2 aromatic rings. The second-order valence-electron chi connectivity index (χ2n) is 10.3. The van der Waals surface area contributed by atoms with Gasteiger partial charge in [0, 0.05) is 31.6 Å². The second-order valence-corrected chi connectivity index (χ2v) is 10.3. The average Bonchev–Trinajstić information content (AvgIpc) is 3.31. The summed E-state index contributed by atoms with van der Waals surface area (Å²) in [6.45, 7) is 14.8. The minimum atomic E-state index is -0.325. The summed E-state index contributed by atoms with van der Waals surface area (Å²) in [5.74, 6) is 1.05. The van der Waals surface area contributed by atoms with Crippen molar-refractivity contribution in [2.45, 2.75) is 72.1 Å². The van der Waals surface area contributed by atoms with Gasteiger partial charge in [-0.1, -0.05) is 27.7 Å². The number of carbonyl (C=O) groups is 1. The molecule has 0 radical (unpaired) electrons. The van der Waals surface area contributed by atoms with Crippen molar-refractivity contribution in [3.05, 3.63) is 40.7 Å². The summed E-state index contributed by atoms with van der Waals surface area (Å²) in [4.78, 5) is 26.2. The van der Waals surface area contributed by atoms with E-state index in [0.717, 1.165) is 22.6 Å². The summed E-state index contributed by atoms with van der Waals surface area (Å²) in [6.07, 6.45) is 3.35. The third-order valence-corrected chi connectivity index (χ3v) is 6.69. The van der Waals surface area contributed by atoms with Crippen LogP contribution in [0, 0.1) is 17.2 Å². The van der Waals surface area contributed by atoms with Crippen LogP contribution >= 0.6 is 0 Å². The minimum Gasteiger partial charge on any atom is -0.451 e. The van der Waals surface area contributed by atoms with Gasteiger partial charge in [-0.3, -0.25) is 4.79 Å². The second kappa shape index (κ2) is 8.79. The van der Waals surface area contributed by atoms with Gasteiger partial charge in [0.05, 0.1) is 29.5 Å². The van der Waals surface area contributed by atoms with Crippen LogP contribution in [0.2, 0.25) is 0 Å². The third-order valence-electron chi connectivity index (χ3n) is 6.69. The molecule has 2 aromatic heterocycles. The molecule has 2 aliphatic heterocycles. The molecule has 0 aromatic carbocycles. The zero-order valence-electron chi connectivity index (χ0n) is 20.4. The van der Waals surface area contributed by atoms with E-state index in [2.05, 4.69) is 57.5 Å². The van der Waals surface area contributed by atoms with Gasteiger partial charge in [0.15, 0.2) is 12.1 Å². The number of carbonyl (C=O) groups excluding carboxylic acids is 1. The molecule has 1 amide bonds. The molecule has 1 atom stereocenters. The van der Waals surface area contributed by atoms with Crippen LogP contribution in [0.1, 0.15) is 80.3 Å². The standard InChI is InChI=1S/C25H33N5O3/c1-15(2)21-11-29(7-8-30(21)24(31)20-13-32-14-27-20)23-18(10-26)17-9-25(5,6)33-12-19(17)22(28-23)16(3)4/h13-16,21H,7-9,11-12H2,1-6H3/t21-/m0/s1. The van der Waals surface area contributed by atoms with Gasteiger partial charge in [0.1, 0.15) is 18.2 Å². The molecular weight excluding hydrogens is 418 g/mol. The first-order valence-corrected chi connectivity index (χ1v) is 11.7. The van der Waals surface area contributed by atoms with Crippen molar-refractivity contribution in [3.8, 4) is 6.07 Å². The summed E-state index contributed by atoms with van der Waals surface area (Å²) in [5, 5.41) is 10.2. The fraction of sp³-hybridized carbons (Fsp3) is 0.600. The monoisotopic (exact) mass is 451 g/mol. The van der Waals surface area contributed by atoms with Crippen molar-refractivity contribution in [2.24, 2.45) is 5.92 Å². The maximum absolute atomic E-state index is 13.1. The van der Waals surface area contributed by atoms with Gasteiger partial charge in [0.25, 0.3) is 5.91 Å². The van der Waals surface area contributed by atoms with Crippen molar-refractivity contribution >= 4 is 11.7 Å². The van der Waals surface area contributed by atoms with Crippen LogP contribution in [-0.2, 0) is 17.8 Å². The quantitative estimate of drug-likeness (QED) is 0.695. The fourth-order valence-corrected chi connectivity index (χ4v) is 4.89. The highest BCUT2D eigenvalue weighted by Crippen LogP contribution is 2.38. The summed E-state index contributed by atoms with van der Waals surface area (Å²) >= 11 is 0. The van der Waals surface area contributed by atoms with E-state index in [0.29, 0.717) is 43.9 Å². The number of oxazole rings is 1. The lowest BCUT2D eigenvalue weighted by Gasteiger charge is -2.44. The van der Waals surface area contributed by atoms with Gasteiger partial charge < -0.3 is 19.0 Å². The van der Waals surface area contributed by atoms with E-state index >= 15 is 0 Å². The third kappa shape index (κ3) is 4.34. The lowest BCUT2D eigenvalue weighted by Crippen LogP contribution is -2.57. The molecule has 0 aliphatic carbocycles. The van der Waals surface area contributed by atoms with Crippen LogP contribution in [0.15, 0.2) is 17.1 Å². The number of hydrogen-bond donors (Lipinski definition) is 0. The Morgan fingerprint density at radius 2 is 2.00 bits per heavy atom. The number of hydrogen-bond acceptors (Lipinski definition) is 7. The molecule has 0 spiro atoms. The minimum absolute atomic E-state index is 0.0328. The van der Waals surface area contributed by atoms with Gasteiger partial charge in [0.2, 0.25) is 0 Å². The number of rotatable bonds is 4. The molecule has 176 valence electrons. The molecule has 2 aliphatic rings. The average molecular weight is 452 g/mol. The molecule has 8 heteroatoms. The molecule has 1 saturated heterocycles. The predicted molar refractivity (Wildman–Crippen MR) is 124 cm³/mol. The van der Waals surface area contributed by atoms with Crippen LogP contribution in [-0.4, -0.2) is 52.1 Å². The van der Waals surface area contributed by atoms with E-state index in [1.54, 1.807) is 0 Å². The molecule has 1 fully saturated rings. The van der Waals surface area contributed by atoms with E-state index in [9.17, 15) is 10.1 Å². The van der Waals surface area contributed by atoms with Crippen LogP contribution in [0.5, 0.6) is 0 Å². The van der Waals surface area contributed by atoms with Crippen molar-refractivity contribution in [1.29, 1.82) is 5.26 Å². The number of nitrogens with zero attached hydrogens (tertiary/aromatic N) is 5. The number of nitriles is 1. The van der Waals surface area contributed by atoms with Gasteiger partial charge in [-0.05, 0) is 31.2 Å². The molecule has 0 N–H and O–H groups in total. The summed E-state index contributed by atoms with van der Waals surface area (Å²) in [5.41, 5.74) is 3.76. The normalized spacial score (nSPS) is 20.2. The van der Waals surface area contributed by atoms with Crippen LogP contribution in [0.3, 0.4) is 0 Å². The molecule has 4 heterocycles. The van der Waals surface area contributed by atoms with Crippen LogP contribution in [0.4, 0.5) is 5.82 Å². The summed E-state index contributed by atoms with van der Waals surface area (Å²) in [6, 6.07) is 2.43. The van der Waals surface area contributed by atoms with E-state index in [1.807, 2.05) is 4.90 Å². The lowest BCUT2D eigenvalue weighted by atomic mass is 9.86. The molecule has 33 heavy (non-hydrogen) atoms.